The molecule has 0 aromatic heterocycles. The highest BCUT2D eigenvalue weighted by molar-refractivity contribution is 8.00. The van der Waals surface area contributed by atoms with E-state index in [1.807, 2.05) is 11.8 Å². The van der Waals surface area contributed by atoms with Crippen LogP contribution in [0.2, 0.25) is 0 Å². The van der Waals surface area contributed by atoms with Crippen molar-refractivity contribution in [2.24, 2.45) is 0 Å². The predicted octanol–water partition coefficient (Wildman–Crippen LogP) is 5.27. The molecule has 114 valence electrons. The molecule has 1 spiro atoms. The average molecular weight is 310 g/mol. The summed E-state index contributed by atoms with van der Waals surface area (Å²) in [6.07, 6.45) is 3.90. The molecule has 1 aliphatic heterocycles. The van der Waals surface area contributed by atoms with E-state index in [1.54, 1.807) is 0 Å². The van der Waals surface area contributed by atoms with Gasteiger partial charge in [-0.1, -0.05) is 48.5 Å². The van der Waals surface area contributed by atoms with Gasteiger partial charge in [0.2, 0.25) is 0 Å². The molecule has 1 nitrogen and oxygen atoms in total. The van der Waals surface area contributed by atoms with Gasteiger partial charge in [0.15, 0.2) is 0 Å². The minimum absolute atomic E-state index is 0.0977. The van der Waals surface area contributed by atoms with Crippen molar-refractivity contribution in [2.45, 2.75) is 54.0 Å². The van der Waals surface area contributed by atoms with Gasteiger partial charge in [0.25, 0.3) is 0 Å². The fourth-order valence-electron chi connectivity index (χ4n) is 3.95. The summed E-state index contributed by atoms with van der Waals surface area (Å²) in [6.45, 7) is 2.23. The Kier molecular flexibility index (Phi) is 3.75. The molecule has 1 saturated carbocycles. The van der Waals surface area contributed by atoms with Crippen molar-refractivity contribution < 1.29 is 4.74 Å². The van der Waals surface area contributed by atoms with Crippen LogP contribution < -0.4 is 0 Å². The van der Waals surface area contributed by atoms with Crippen molar-refractivity contribution in [2.75, 3.05) is 0 Å². The van der Waals surface area contributed by atoms with E-state index in [1.165, 1.54) is 29.7 Å². The number of rotatable bonds is 3. The molecule has 22 heavy (non-hydrogen) atoms. The number of ether oxygens (including phenoxy) is 1. The minimum atomic E-state index is 0.0977. The molecule has 0 bridgehead atoms. The second-order valence-electron chi connectivity index (χ2n) is 6.66. The summed E-state index contributed by atoms with van der Waals surface area (Å²) in [5, 5.41) is 0.588. The van der Waals surface area contributed by atoms with E-state index >= 15 is 0 Å². The third-order valence-electron chi connectivity index (χ3n) is 5.05. The van der Waals surface area contributed by atoms with E-state index in [-0.39, 0.29) is 5.60 Å². The van der Waals surface area contributed by atoms with Crippen LogP contribution in [0.15, 0.2) is 65.6 Å². The fourth-order valence-corrected chi connectivity index (χ4v) is 5.43. The Bertz CT molecular complexity index is 619. The summed E-state index contributed by atoms with van der Waals surface area (Å²) >= 11 is 2.01. The molecule has 2 aromatic rings. The van der Waals surface area contributed by atoms with Gasteiger partial charge in [0, 0.05) is 10.1 Å². The molecule has 2 heteroatoms. The lowest BCUT2D eigenvalue weighted by Crippen LogP contribution is -2.49. The third-order valence-corrected chi connectivity index (χ3v) is 6.50. The molecule has 0 N–H and O–H groups in total. The van der Waals surface area contributed by atoms with Crippen molar-refractivity contribution >= 4 is 11.8 Å². The van der Waals surface area contributed by atoms with Crippen LogP contribution in [0, 0.1) is 0 Å². The number of hydrogen-bond donors (Lipinski definition) is 0. The quantitative estimate of drug-likeness (QED) is 0.763. The topological polar surface area (TPSA) is 9.23 Å². The second kappa shape index (κ2) is 5.75. The van der Waals surface area contributed by atoms with Gasteiger partial charge >= 0.3 is 0 Å². The van der Waals surface area contributed by atoms with Crippen LogP contribution in [0.3, 0.4) is 0 Å². The lowest BCUT2D eigenvalue weighted by atomic mass is 9.66. The first kappa shape index (κ1) is 14.3. The van der Waals surface area contributed by atoms with Gasteiger partial charge in [-0.2, -0.15) is 0 Å². The first-order valence-electron chi connectivity index (χ1n) is 8.20. The maximum Gasteiger partial charge on any atom is 0.0820 e. The Morgan fingerprint density at radius 3 is 2.27 bits per heavy atom. The van der Waals surface area contributed by atoms with E-state index in [9.17, 15) is 0 Å². The van der Waals surface area contributed by atoms with Crippen molar-refractivity contribution in [3.63, 3.8) is 0 Å². The van der Waals surface area contributed by atoms with E-state index in [4.69, 9.17) is 4.74 Å². The van der Waals surface area contributed by atoms with Gasteiger partial charge in [-0.25, -0.2) is 0 Å². The summed E-state index contributed by atoms with van der Waals surface area (Å²) in [6, 6.07) is 21.7. The molecular weight excluding hydrogens is 288 g/mol. The van der Waals surface area contributed by atoms with Crippen molar-refractivity contribution in [1.82, 2.24) is 0 Å². The molecule has 0 amide bonds. The zero-order chi connectivity index (χ0) is 15.0. The Morgan fingerprint density at radius 1 is 0.955 bits per heavy atom. The molecule has 0 radical (unpaired) electrons. The number of thioether (sulfide) groups is 1. The molecule has 2 aliphatic rings. The highest BCUT2D eigenvalue weighted by atomic mass is 32.2. The van der Waals surface area contributed by atoms with Crippen molar-refractivity contribution in [3.8, 4) is 0 Å². The fraction of sp³-hybridized carbons (Fsp3) is 0.400. The minimum Gasteiger partial charge on any atom is -0.371 e. The van der Waals surface area contributed by atoms with Gasteiger partial charge in [-0.15, -0.1) is 11.8 Å². The van der Waals surface area contributed by atoms with Gasteiger partial charge in [0.05, 0.1) is 11.7 Å². The van der Waals surface area contributed by atoms with Gasteiger partial charge in [0.1, 0.15) is 0 Å². The lowest BCUT2D eigenvalue weighted by Gasteiger charge is -2.48. The van der Waals surface area contributed by atoms with Gasteiger partial charge in [-0.05, 0) is 49.8 Å². The highest BCUT2D eigenvalue weighted by Crippen LogP contribution is 2.57. The molecule has 1 aliphatic carbocycles. The molecule has 0 unspecified atom stereocenters. The Morgan fingerprint density at radius 2 is 1.59 bits per heavy atom. The summed E-state index contributed by atoms with van der Waals surface area (Å²) in [5.74, 6) is 0.672. The molecule has 2 atom stereocenters. The molecular formula is C20H22OS. The average Bonchev–Trinajstić information content (AvgIpc) is 2.84. The van der Waals surface area contributed by atoms with Gasteiger partial charge < -0.3 is 4.74 Å². The van der Waals surface area contributed by atoms with E-state index in [2.05, 4.69) is 67.6 Å². The first-order valence-corrected chi connectivity index (χ1v) is 9.08. The largest absolute Gasteiger partial charge is 0.371 e. The van der Waals surface area contributed by atoms with Crippen LogP contribution >= 0.6 is 11.8 Å². The monoisotopic (exact) mass is 310 g/mol. The smallest absolute Gasteiger partial charge is 0.0820 e. The molecule has 2 fully saturated rings. The Labute approximate surface area is 137 Å². The number of benzene rings is 2. The van der Waals surface area contributed by atoms with Crippen LogP contribution in [0.25, 0.3) is 0 Å². The predicted molar refractivity (Wildman–Crippen MR) is 92.4 cm³/mol. The Balaban J connectivity index is 1.49. The van der Waals surface area contributed by atoms with E-state index in [0.29, 0.717) is 17.3 Å². The lowest BCUT2D eigenvalue weighted by molar-refractivity contribution is -0.0940. The van der Waals surface area contributed by atoms with E-state index < -0.39 is 0 Å². The molecule has 2 aromatic carbocycles. The van der Waals surface area contributed by atoms with Crippen molar-refractivity contribution in [3.05, 3.63) is 66.2 Å². The van der Waals surface area contributed by atoms with Crippen molar-refractivity contribution in [1.29, 1.82) is 0 Å². The second-order valence-corrected chi connectivity index (χ2v) is 7.94. The summed E-state index contributed by atoms with van der Waals surface area (Å²) < 4.78 is 6.40. The molecule has 1 saturated heterocycles. The van der Waals surface area contributed by atoms with Crippen LogP contribution in [-0.4, -0.2) is 17.0 Å². The molecule has 1 heterocycles. The summed E-state index contributed by atoms with van der Waals surface area (Å²) in [7, 11) is 0. The van der Waals surface area contributed by atoms with Crippen LogP contribution in [0.1, 0.15) is 37.7 Å². The maximum atomic E-state index is 6.40. The van der Waals surface area contributed by atoms with Gasteiger partial charge in [-0.3, -0.25) is 0 Å². The Hall–Kier alpha value is -1.25. The first-order chi connectivity index (χ1) is 10.8. The molecule has 4 rings (SSSR count). The zero-order valence-electron chi connectivity index (χ0n) is 12.9. The summed E-state index contributed by atoms with van der Waals surface area (Å²) in [5.41, 5.74) is 1.57. The third kappa shape index (κ3) is 2.59. The standard InChI is InChI=1S/C20H22OS/c1-15-12-19(22-18-10-6-3-7-11-18)20(21-15)13-17(14-20)16-8-4-2-5-9-16/h2-11,15,17,19H,12-14H2,1H3/t15-,17?,19+,20?/m1/s1. The highest BCUT2D eigenvalue weighted by Gasteiger charge is 2.56. The number of hydrogen-bond acceptors (Lipinski definition) is 2. The zero-order valence-corrected chi connectivity index (χ0v) is 13.8. The van der Waals surface area contributed by atoms with E-state index in [0.717, 1.165) is 0 Å². The normalized spacial score (nSPS) is 33.8. The maximum absolute atomic E-state index is 6.40. The van der Waals surface area contributed by atoms with Crippen LogP contribution in [0.5, 0.6) is 0 Å². The van der Waals surface area contributed by atoms with Crippen LogP contribution in [-0.2, 0) is 4.74 Å². The van der Waals surface area contributed by atoms with Crippen LogP contribution in [0.4, 0.5) is 0 Å². The SMILES string of the molecule is C[C@@H]1C[C@H](Sc2ccccc2)C2(CC(c3ccccc3)C2)O1. The summed E-state index contributed by atoms with van der Waals surface area (Å²) in [4.78, 5) is 1.37.